The number of hydrogen-bond acceptors (Lipinski definition) is 3. The van der Waals surface area contributed by atoms with Crippen molar-refractivity contribution in [1.29, 1.82) is 0 Å². The van der Waals surface area contributed by atoms with Crippen LogP contribution in [-0.2, 0) is 6.54 Å². The molecule has 4 heteroatoms. The Morgan fingerprint density at radius 3 is 2.74 bits per heavy atom. The van der Waals surface area contributed by atoms with Gasteiger partial charge in [0.2, 0.25) is 0 Å². The van der Waals surface area contributed by atoms with Crippen LogP contribution in [0.15, 0.2) is 24.5 Å². The van der Waals surface area contributed by atoms with Gasteiger partial charge in [0.25, 0.3) is 0 Å². The van der Waals surface area contributed by atoms with Crippen molar-refractivity contribution >= 4 is 0 Å². The van der Waals surface area contributed by atoms with E-state index in [0.717, 1.165) is 24.4 Å². The standard InChI is InChI=1S/C15H22N4/c1-5-8-19-10-13(9-17-19)15(16-4)14-7-6-11(2)18-12(14)3/h6-7,9-10,15-16H,5,8H2,1-4H3. The highest BCUT2D eigenvalue weighted by Gasteiger charge is 2.16. The van der Waals surface area contributed by atoms with Gasteiger partial charge in [-0.05, 0) is 38.9 Å². The molecule has 0 bridgehead atoms. The van der Waals surface area contributed by atoms with E-state index in [4.69, 9.17) is 0 Å². The minimum absolute atomic E-state index is 0.152. The zero-order valence-electron chi connectivity index (χ0n) is 12.1. The number of rotatable bonds is 5. The molecular weight excluding hydrogens is 236 g/mol. The predicted octanol–water partition coefficient (Wildman–Crippen LogP) is 2.61. The number of nitrogens with zero attached hydrogens (tertiary/aromatic N) is 3. The quantitative estimate of drug-likeness (QED) is 0.896. The van der Waals surface area contributed by atoms with E-state index in [1.54, 1.807) is 0 Å². The Bertz CT molecular complexity index is 545. The van der Waals surface area contributed by atoms with Gasteiger partial charge in [0, 0.05) is 29.7 Å². The molecule has 2 aromatic rings. The molecule has 102 valence electrons. The number of aryl methyl sites for hydroxylation is 3. The largest absolute Gasteiger partial charge is 0.309 e. The molecule has 0 aliphatic carbocycles. The number of nitrogens with one attached hydrogen (secondary N) is 1. The molecule has 1 atom stereocenters. The van der Waals surface area contributed by atoms with Gasteiger partial charge < -0.3 is 5.32 Å². The normalized spacial score (nSPS) is 12.6. The molecule has 0 spiro atoms. The average Bonchev–Trinajstić information content (AvgIpc) is 2.82. The fourth-order valence-corrected chi connectivity index (χ4v) is 2.38. The van der Waals surface area contributed by atoms with Crippen molar-refractivity contribution in [3.8, 4) is 0 Å². The molecule has 0 fully saturated rings. The van der Waals surface area contributed by atoms with E-state index in [1.165, 1.54) is 11.1 Å². The summed E-state index contributed by atoms with van der Waals surface area (Å²) in [6.07, 6.45) is 5.15. The van der Waals surface area contributed by atoms with Crippen molar-refractivity contribution in [3.63, 3.8) is 0 Å². The van der Waals surface area contributed by atoms with Crippen LogP contribution in [0.1, 0.15) is 41.9 Å². The first kappa shape index (κ1) is 13.7. The first-order valence-electron chi connectivity index (χ1n) is 6.79. The molecular formula is C15H22N4. The van der Waals surface area contributed by atoms with Gasteiger partial charge in [-0.25, -0.2) is 0 Å². The van der Waals surface area contributed by atoms with Crippen molar-refractivity contribution < 1.29 is 0 Å². The van der Waals surface area contributed by atoms with Crippen LogP contribution in [0.25, 0.3) is 0 Å². The van der Waals surface area contributed by atoms with Crippen LogP contribution in [0.5, 0.6) is 0 Å². The van der Waals surface area contributed by atoms with Crippen LogP contribution in [0, 0.1) is 13.8 Å². The lowest BCUT2D eigenvalue weighted by Gasteiger charge is -2.17. The maximum absolute atomic E-state index is 4.54. The molecule has 0 aliphatic heterocycles. The van der Waals surface area contributed by atoms with Crippen molar-refractivity contribution in [3.05, 3.63) is 47.0 Å². The molecule has 1 N–H and O–H groups in total. The van der Waals surface area contributed by atoms with E-state index in [9.17, 15) is 0 Å². The van der Waals surface area contributed by atoms with Crippen LogP contribution in [0.3, 0.4) is 0 Å². The molecule has 0 aliphatic rings. The highest BCUT2D eigenvalue weighted by atomic mass is 15.3. The lowest BCUT2D eigenvalue weighted by Crippen LogP contribution is -2.18. The molecule has 0 saturated heterocycles. The highest BCUT2D eigenvalue weighted by Crippen LogP contribution is 2.23. The van der Waals surface area contributed by atoms with Crippen LogP contribution < -0.4 is 5.32 Å². The van der Waals surface area contributed by atoms with Crippen molar-refractivity contribution in [2.45, 2.75) is 39.8 Å². The van der Waals surface area contributed by atoms with Crippen molar-refractivity contribution in [1.82, 2.24) is 20.1 Å². The lowest BCUT2D eigenvalue weighted by molar-refractivity contribution is 0.600. The van der Waals surface area contributed by atoms with Crippen molar-refractivity contribution in [2.75, 3.05) is 7.05 Å². The summed E-state index contributed by atoms with van der Waals surface area (Å²) >= 11 is 0. The Balaban J connectivity index is 2.32. The van der Waals surface area contributed by atoms with E-state index in [0.29, 0.717) is 0 Å². The smallest absolute Gasteiger partial charge is 0.0623 e. The summed E-state index contributed by atoms with van der Waals surface area (Å²) in [6, 6.07) is 4.36. The zero-order valence-corrected chi connectivity index (χ0v) is 12.1. The van der Waals surface area contributed by atoms with E-state index in [-0.39, 0.29) is 6.04 Å². The molecule has 0 saturated carbocycles. The van der Waals surface area contributed by atoms with Gasteiger partial charge in [-0.15, -0.1) is 0 Å². The predicted molar refractivity (Wildman–Crippen MR) is 77.1 cm³/mol. The summed E-state index contributed by atoms with van der Waals surface area (Å²) in [5, 5.41) is 7.76. The second kappa shape index (κ2) is 5.97. The molecule has 2 heterocycles. The topological polar surface area (TPSA) is 42.7 Å². The van der Waals surface area contributed by atoms with E-state index in [2.05, 4.69) is 47.6 Å². The van der Waals surface area contributed by atoms with Crippen LogP contribution >= 0.6 is 0 Å². The highest BCUT2D eigenvalue weighted by molar-refractivity contribution is 5.32. The van der Waals surface area contributed by atoms with Gasteiger partial charge in [0.05, 0.1) is 12.2 Å². The third-order valence-electron chi connectivity index (χ3n) is 3.30. The maximum Gasteiger partial charge on any atom is 0.0623 e. The van der Waals surface area contributed by atoms with Gasteiger partial charge in [-0.3, -0.25) is 9.67 Å². The second-order valence-corrected chi connectivity index (χ2v) is 4.89. The second-order valence-electron chi connectivity index (χ2n) is 4.89. The van der Waals surface area contributed by atoms with Gasteiger partial charge >= 0.3 is 0 Å². The fourth-order valence-electron chi connectivity index (χ4n) is 2.38. The Morgan fingerprint density at radius 1 is 1.32 bits per heavy atom. The van der Waals surface area contributed by atoms with E-state index >= 15 is 0 Å². The summed E-state index contributed by atoms with van der Waals surface area (Å²) in [7, 11) is 1.97. The van der Waals surface area contributed by atoms with Gasteiger partial charge in [0.1, 0.15) is 0 Å². The van der Waals surface area contributed by atoms with Crippen LogP contribution in [0.4, 0.5) is 0 Å². The molecule has 0 radical (unpaired) electrons. The molecule has 19 heavy (non-hydrogen) atoms. The number of hydrogen-bond donors (Lipinski definition) is 1. The minimum Gasteiger partial charge on any atom is -0.309 e. The van der Waals surface area contributed by atoms with Gasteiger partial charge in [-0.1, -0.05) is 13.0 Å². The Kier molecular flexibility index (Phi) is 4.32. The van der Waals surface area contributed by atoms with Gasteiger partial charge in [-0.2, -0.15) is 5.10 Å². The third kappa shape index (κ3) is 3.01. The Hall–Kier alpha value is -1.68. The van der Waals surface area contributed by atoms with Crippen molar-refractivity contribution in [2.24, 2.45) is 0 Å². The fraction of sp³-hybridized carbons (Fsp3) is 0.467. The monoisotopic (exact) mass is 258 g/mol. The maximum atomic E-state index is 4.54. The first-order valence-corrected chi connectivity index (χ1v) is 6.79. The Labute approximate surface area is 114 Å². The number of aromatic nitrogens is 3. The van der Waals surface area contributed by atoms with Gasteiger partial charge in [0.15, 0.2) is 0 Å². The minimum atomic E-state index is 0.152. The molecule has 2 rings (SSSR count). The van der Waals surface area contributed by atoms with E-state index in [1.807, 2.05) is 24.9 Å². The summed E-state index contributed by atoms with van der Waals surface area (Å²) < 4.78 is 2.00. The zero-order chi connectivity index (χ0) is 13.8. The molecule has 0 amide bonds. The molecule has 2 aromatic heterocycles. The number of pyridine rings is 1. The molecule has 0 aromatic carbocycles. The lowest BCUT2D eigenvalue weighted by atomic mass is 10.0. The first-order chi connectivity index (χ1) is 9.15. The van der Waals surface area contributed by atoms with Crippen LogP contribution in [-0.4, -0.2) is 21.8 Å². The molecule has 1 unspecified atom stereocenters. The third-order valence-corrected chi connectivity index (χ3v) is 3.30. The van der Waals surface area contributed by atoms with Crippen LogP contribution in [0.2, 0.25) is 0 Å². The average molecular weight is 258 g/mol. The summed E-state index contributed by atoms with van der Waals surface area (Å²) in [4.78, 5) is 4.54. The Morgan fingerprint density at radius 2 is 2.11 bits per heavy atom. The van der Waals surface area contributed by atoms with E-state index < -0.39 is 0 Å². The summed E-state index contributed by atoms with van der Waals surface area (Å²) in [5.74, 6) is 0. The summed E-state index contributed by atoms with van der Waals surface area (Å²) in [6.45, 7) is 7.19. The molecule has 4 nitrogen and oxygen atoms in total. The SMILES string of the molecule is CCCn1cc(C(NC)c2ccc(C)nc2C)cn1. The summed E-state index contributed by atoms with van der Waals surface area (Å²) in [5.41, 5.74) is 4.52.